The first-order chi connectivity index (χ1) is 9.22. The van der Waals surface area contributed by atoms with E-state index < -0.39 is 0 Å². The van der Waals surface area contributed by atoms with Gasteiger partial charge in [0.2, 0.25) is 0 Å². The van der Waals surface area contributed by atoms with Crippen LogP contribution in [0.2, 0.25) is 0 Å². The number of carbonyl (C=O) groups is 1. The molecule has 1 aliphatic rings. The molecule has 1 fully saturated rings. The monoisotopic (exact) mass is 259 g/mol. The van der Waals surface area contributed by atoms with E-state index in [-0.39, 0.29) is 5.41 Å². The van der Waals surface area contributed by atoms with E-state index in [9.17, 15) is 4.79 Å². The van der Waals surface area contributed by atoms with Crippen LogP contribution in [0.1, 0.15) is 55.5 Å². The zero-order chi connectivity index (χ0) is 13.7. The molecule has 0 amide bonds. The van der Waals surface area contributed by atoms with Gasteiger partial charge in [-0.15, -0.1) is 0 Å². The predicted octanol–water partition coefficient (Wildman–Crippen LogP) is 3.60. The molecule has 0 radical (unpaired) electrons. The number of hydrogen-bond donors (Lipinski definition) is 1. The van der Waals surface area contributed by atoms with Gasteiger partial charge in [0.15, 0.2) is 5.78 Å². The van der Waals surface area contributed by atoms with Crippen LogP contribution in [-0.4, -0.2) is 18.9 Å². The third-order valence-corrected chi connectivity index (χ3v) is 4.36. The Morgan fingerprint density at radius 2 is 2.21 bits per heavy atom. The molecule has 2 heteroatoms. The van der Waals surface area contributed by atoms with E-state index in [0.717, 1.165) is 50.8 Å². The van der Waals surface area contributed by atoms with Crippen molar-refractivity contribution in [2.24, 2.45) is 5.41 Å². The fourth-order valence-corrected chi connectivity index (χ4v) is 3.09. The largest absolute Gasteiger partial charge is 0.316 e. The molecular formula is C17H25NO. The highest BCUT2D eigenvalue weighted by molar-refractivity contribution is 6.00. The molecule has 2 rings (SSSR count). The lowest BCUT2D eigenvalue weighted by atomic mass is 9.72. The minimum absolute atomic E-state index is 0.177. The lowest BCUT2D eigenvalue weighted by molar-refractivity contribution is 0.0730. The molecule has 2 nitrogen and oxygen atoms in total. The summed E-state index contributed by atoms with van der Waals surface area (Å²) < 4.78 is 0. The molecule has 1 aromatic carbocycles. The van der Waals surface area contributed by atoms with E-state index in [1.54, 1.807) is 0 Å². The van der Waals surface area contributed by atoms with Crippen molar-refractivity contribution in [3.05, 3.63) is 35.4 Å². The minimum atomic E-state index is -0.177. The maximum Gasteiger partial charge on any atom is 0.170 e. The average Bonchev–Trinajstić information content (AvgIpc) is 2.48. The highest BCUT2D eigenvalue weighted by atomic mass is 16.1. The van der Waals surface area contributed by atoms with Crippen LogP contribution in [0, 0.1) is 5.41 Å². The van der Waals surface area contributed by atoms with Crippen molar-refractivity contribution in [2.75, 3.05) is 13.1 Å². The standard InChI is InChI=1S/C17H25NO/c1-3-7-14-8-5-9-15(12-14)16(19)17(4-2)10-6-11-18-13-17/h5,8-9,12,18H,3-4,6-7,10-11,13H2,1-2H3. The Labute approximate surface area is 116 Å². The van der Waals surface area contributed by atoms with Crippen LogP contribution in [0.15, 0.2) is 24.3 Å². The van der Waals surface area contributed by atoms with E-state index in [1.807, 2.05) is 12.1 Å². The fraction of sp³-hybridized carbons (Fsp3) is 0.588. The Balaban J connectivity index is 2.24. The molecule has 1 aliphatic heterocycles. The highest BCUT2D eigenvalue weighted by Crippen LogP contribution is 2.34. The first kappa shape index (κ1) is 14.3. The van der Waals surface area contributed by atoms with Crippen molar-refractivity contribution in [1.82, 2.24) is 5.32 Å². The minimum Gasteiger partial charge on any atom is -0.316 e. The second-order valence-corrected chi connectivity index (χ2v) is 5.69. The normalized spacial score (nSPS) is 23.3. The molecule has 1 aromatic rings. The van der Waals surface area contributed by atoms with Crippen molar-refractivity contribution in [3.63, 3.8) is 0 Å². The Morgan fingerprint density at radius 3 is 2.84 bits per heavy atom. The van der Waals surface area contributed by atoms with E-state index in [4.69, 9.17) is 0 Å². The summed E-state index contributed by atoms with van der Waals surface area (Å²) in [5.41, 5.74) is 2.00. The van der Waals surface area contributed by atoms with Gasteiger partial charge in [-0.25, -0.2) is 0 Å². The van der Waals surface area contributed by atoms with E-state index >= 15 is 0 Å². The topological polar surface area (TPSA) is 29.1 Å². The molecule has 1 unspecified atom stereocenters. The number of benzene rings is 1. The summed E-state index contributed by atoms with van der Waals surface area (Å²) in [6.07, 6.45) is 5.23. The Kier molecular flexibility index (Phi) is 4.76. The van der Waals surface area contributed by atoms with Gasteiger partial charge < -0.3 is 5.32 Å². The summed E-state index contributed by atoms with van der Waals surface area (Å²) in [4.78, 5) is 12.9. The number of Topliss-reactive ketones (excluding diaryl/α,β-unsaturated/α-hetero) is 1. The molecule has 104 valence electrons. The van der Waals surface area contributed by atoms with Crippen LogP contribution >= 0.6 is 0 Å². The fourth-order valence-electron chi connectivity index (χ4n) is 3.09. The van der Waals surface area contributed by atoms with Crippen molar-refractivity contribution >= 4 is 5.78 Å². The molecule has 0 spiro atoms. The van der Waals surface area contributed by atoms with Crippen LogP contribution in [0.5, 0.6) is 0 Å². The predicted molar refractivity (Wildman–Crippen MR) is 79.6 cm³/mol. The molecule has 0 saturated carbocycles. The summed E-state index contributed by atoms with van der Waals surface area (Å²) in [5, 5.41) is 3.40. The summed E-state index contributed by atoms with van der Waals surface area (Å²) in [7, 11) is 0. The Hall–Kier alpha value is -1.15. The Morgan fingerprint density at radius 1 is 1.37 bits per heavy atom. The number of piperidine rings is 1. The molecular weight excluding hydrogens is 234 g/mol. The van der Waals surface area contributed by atoms with Gasteiger partial charge in [-0.1, -0.05) is 38.5 Å². The van der Waals surface area contributed by atoms with Gasteiger partial charge in [-0.2, -0.15) is 0 Å². The van der Waals surface area contributed by atoms with Crippen LogP contribution in [0.3, 0.4) is 0 Å². The van der Waals surface area contributed by atoms with Crippen molar-refractivity contribution in [3.8, 4) is 0 Å². The highest BCUT2D eigenvalue weighted by Gasteiger charge is 2.38. The number of nitrogens with one attached hydrogen (secondary N) is 1. The summed E-state index contributed by atoms with van der Waals surface area (Å²) >= 11 is 0. The number of hydrogen-bond acceptors (Lipinski definition) is 2. The second-order valence-electron chi connectivity index (χ2n) is 5.69. The number of aryl methyl sites for hydroxylation is 1. The van der Waals surface area contributed by atoms with Crippen LogP contribution in [0.25, 0.3) is 0 Å². The zero-order valence-electron chi connectivity index (χ0n) is 12.2. The van der Waals surface area contributed by atoms with Gasteiger partial charge in [-0.3, -0.25) is 4.79 Å². The lowest BCUT2D eigenvalue weighted by Crippen LogP contribution is -2.45. The van der Waals surface area contributed by atoms with Gasteiger partial charge in [0, 0.05) is 17.5 Å². The molecule has 0 aliphatic carbocycles. The van der Waals surface area contributed by atoms with E-state index in [0.29, 0.717) is 5.78 Å². The van der Waals surface area contributed by atoms with Crippen molar-refractivity contribution in [2.45, 2.75) is 46.0 Å². The lowest BCUT2D eigenvalue weighted by Gasteiger charge is -2.35. The second kappa shape index (κ2) is 6.33. The summed E-state index contributed by atoms with van der Waals surface area (Å²) in [5.74, 6) is 0.333. The third-order valence-electron chi connectivity index (χ3n) is 4.36. The quantitative estimate of drug-likeness (QED) is 0.819. The number of rotatable bonds is 5. The smallest absolute Gasteiger partial charge is 0.170 e. The molecule has 1 atom stereocenters. The summed E-state index contributed by atoms with van der Waals surface area (Å²) in [6.45, 7) is 6.19. The van der Waals surface area contributed by atoms with Crippen LogP contribution in [-0.2, 0) is 6.42 Å². The Bertz CT molecular complexity index is 433. The van der Waals surface area contributed by atoms with Gasteiger partial charge in [0.05, 0.1) is 0 Å². The van der Waals surface area contributed by atoms with Gasteiger partial charge >= 0.3 is 0 Å². The molecule has 19 heavy (non-hydrogen) atoms. The number of carbonyl (C=O) groups excluding carboxylic acids is 1. The molecule has 0 bridgehead atoms. The first-order valence-electron chi connectivity index (χ1n) is 7.56. The van der Waals surface area contributed by atoms with Crippen LogP contribution in [0.4, 0.5) is 0 Å². The van der Waals surface area contributed by atoms with Crippen molar-refractivity contribution < 1.29 is 4.79 Å². The van der Waals surface area contributed by atoms with Gasteiger partial charge in [0.25, 0.3) is 0 Å². The maximum atomic E-state index is 12.9. The van der Waals surface area contributed by atoms with E-state index in [1.165, 1.54) is 5.56 Å². The molecule has 0 aromatic heterocycles. The average molecular weight is 259 g/mol. The SMILES string of the molecule is CCCc1cccc(C(=O)C2(CC)CCCNC2)c1. The van der Waals surface area contributed by atoms with E-state index in [2.05, 4.69) is 31.3 Å². The third kappa shape index (κ3) is 3.06. The molecule has 1 N–H and O–H groups in total. The summed E-state index contributed by atoms with van der Waals surface area (Å²) in [6, 6.07) is 8.22. The van der Waals surface area contributed by atoms with Crippen LogP contribution < -0.4 is 5.32 Å². The van der Waals surface area contributed by atoms with Crippen molar-refractivity contribution in [1.29, 1.82) is 0 Å². The molecule has 1 saturated heterocycles. The maximum absolute atomic E-state index is 12.9. The first-order valence-corrected chi connectivity index (χ1v) is 7.56. The van der Waals surface area contributed by atoms with Gasteiger partial charge in [0.1, 0.15) is 0 Å². The van der Waals surface area contributed by atoms with Gasteiger partial charge in [-0.05, 0) is 43.9 Å². The number of ketones is 1. The molecule has 1 heterocycles. The zero-order valence-corrected chi connectivity index (χ0v) is 12.2.